The third kappa shape index (κ3) is 2.53. The molecule has 1 heterocycles. The Balaban J connectivity index is 1.86. The molecule has 2 aromatic rings. The molecule has 3 atom stereocenters. The Morgan fingerprint density at radius 3 is 2.64 bits per heavy atom. The second-order valence-electron chi connectivity index (χ2n) is 7.26. The Labute approximate surface area is 147 Å². The van der Waals surface area contributed by atoms with E-state index in [1.165, 1.54) is 11.1 Å². The minimum Gasteiger partial charge on any atom is -0.377 e. The predicted octanol–water partition coefficient (Wildman–Crippen LogP) is 5.54. The van der Waals surface area contributed by atoms with Crippen LogP contribution in [0.15, 0.2) is 54.6 Å². The second kappa shape index (κ2) is 6.03. The van der Waals surface area contributed by atoms with Gasteiger partial charge in [0.05, 0.1) is 16.5 Å². The third-order valence-corrected chi connectivity index (χ3v) is 5.52. The summed E-state index contributed by atoms with van der Waals surface area (Å²) in [6, 6.07) is 13.6. The first-order valence-electron chi connectivity index (χ1n) is 8.87. The highest BCUT2D eigenvalue weighted by Crippen LogP contribution is 2.52. The summed E-state index contributed by atoms with van der Waals surface area (Å²) >= 11 is 0. The molecule has 1 aliphatic heterocycles. The molecule has 1 aliphatic carbocycles. The molecule has 0 radical (unpaired) electrons. The molecule has 0 fully saturated rings. The van der Waals surface area contributed by atoms with Gasteiger partial charge in [-0.1, -0.05) is 62.4 Å². The SMILES string of the molecule is CC(C)c1cccc2c1N[C@H](c1ccccc1[N+](=O)[O-])[C@@H]1CC=C[C@@H]21. The summed E-state index contributed by atoms with van der Waals surface area (Å²) in [6.07, 6.45) is 5.44. The molecule has 0 unspecified atom stereocenters. The Bertz CT molecular complexity index is 857. The van der Waals surface area contributed by atoms with E-state index in [-0.39, 0.29) is 16.7 Å². The Morgan fingerprint density at radius 2 is 1.88 bits per heavy atom. The lowest BCUT2D eigenvalue weighted by molar-refractivity contribution is -0.385. The van der Waals surface area contributed by atoms with Gasteiger partial charge in [-0.15, -0.1) is 0 Å². The smallest absolute Gasteiger partial charge is 0.274 e. The van der Waals surface area contributed by atoms with Crippen molar-refractivity contribution in [2.45, 2.75) is 38.1 Å². The number of nitrogens with zero attached hydrogens (tertiary/aromatic N) is 1. The van der Waals surface area contributed by atoms with Crippen LogP contribution in [0.3, 0.4) is 0 Å². The van der Waals surface area contributed by atoms with E-state index in [1.807, 2.05) is 12.1 Å². The van der Waals surface area contributed by atoms with Crippen LogP contribution in [0.1, 0.15) is 54.8 Å². The molecule has 2 aromatic carbocycles. The van der Waals surface area contributed by atoms with E-state index in [1.54, 1.807) is 12.1 Å². The van der Waals surface area contributed by atoms with Crippen LogP contribution in [-0.4, -0.2) is 4.92 Å². The van der Waals surface area contributed by atoms with Crippen molar-refractivity contribution in [3.8, 4) is 0 Å². The molecule has 4 nitrogen and oxygen atoms in total. The third-order valence-electron chi connectivity index (χ3n) is 5.52. The van der Waals surface area contributed by atoms with Crippen molar-refractivity contribution in [1.29, 1.82) is 0 Å². The van der Waals surface area contributed by atoms with E-state index in [0.717, 1.165) is 17.7 Å². The normalized spacial score (nSPS) is 23.9. The molecule has 4 heteroatoms. The highest BCUT2D eigenvalue weighted by Gasteiger charge is 2.40. The number of hydrogen-bond donors (Lipinski definition) is 1. The Morgan fingerprint density at radius 1 is 1.12 bits per heavy atom. The standard InChI is InChI=1S/C21H22N2O2/c1-13(2)14-8-5-10-16-15-9-6-11-17(15)21(22-20(14)16)18-7-3-4-12-19(18)23(24)25/h3-10,12-13,15,17,21-22H,11H2,1-2H3/t15-,17+,21-/m0/s1. The number of allylic oxidation sites excluding steroid dienone is 2. The number of para-hydroxylation sites is 2. The molecule has 25 heavy (non-hydrogen) atoms. The lowest BCUT2D eigenvalue weighted by Gasteiger charge is -2.38. The number of nitrogens with one attached hydrogen (secondary N) is 1. The monoisotopic (exact) mass is 334 g/mol. The van der Waals surface area contributed by atoms with E-state index in [2.05, 4.69) is 49.5 Å². The van der Waals surface area contributed by atoms with Crippen LogP contribution in [0, 0.1) is 16.0 Å². The van der Waals surface area contributed by atoms with Gasteiger partial charge in [0.1, 0.15) is 0 Å². The maximum Gasteiger partial charge on any atom is 0.274 e. The summed E-state index contributed by atoms with van der Waals surface area (Å²) in [5.74, 6) is 1.03. The van der Waals surface area contributed by atoms with Gasteiger partial charge >= 0.3 is 0 Å². The number of rotatable bonds is 3. The molecular formula is C21H22N2O2. The molecular weight excluding hydrogens is 312 g/mol. The van der Waals surface area contributed by atoms with Gasteiger partial charge in [0, 0.05) is 17.7 Å². The number of fused-ring (bicyclic) bond motifs is 3. The van der Waals surface area contributed by atoms with Crippen molar-refractivity contribution in [3.05, 3.63) is 81.4 Å². The lowest BCUT2D eigenvalue weighted by Crippen LogP contribution is -2.30. The number of benzene rings is 2. The lowest BCUT2D eigenvalue weighted by atomic mass is 9.75. The summed E-state index contributed by atoms with van der Waals surface area (Å²) in [4.78, 5) is 11.3. The van der Waals surface area contributed by atoms with E-state index in [4.69, 9.17) is 0 Å². The topological polar surface area (TPSA) is 55.2 Å². The first-order chi connectivity index (χ1) is 12.1. The van der Waals surface area contributed by atoms with E-state index in [0.29, 0.717) is 17.8 Å². The fourth-order valence-corrected chi connectivity index (χ4v) is 4.35. The van der Waals surface area contributed by atoms with Crippen LogP contribution >= 0.6 is 0 Å². The van der Waals surface area contributed by atoms with Gasteiger partial charge in [0.25, 0.3) is 5.69 Å². The average Bonchev–Trinajstić information content (AvgIpc) is 3.10. The van der Waals surface area contributed by atoms with Crippen LogP contribution in [0.2, 0.25) is 0 Å². The quantitative estimate of drug-likeness (QED) is 0.455. The van der Waals surface area contributed by atoms with E-state index in [9.17, 15) is 10.1 Å². The highest BCUT2D eigenvalue weighted by molar-refractivity contribution is 5.66. The molecule has 2 aliphatic rings. The van der Waals surface area contributed by atoms with Crippen molar-refractivity contribution in [1.82, 2.24) is 0 Å². The van der Waals surface area contributed by atoms with E-state index >= 15 is 0 Å². The van der Waals surface area contributed by atoms with Crippen molar-refractivity contribution in [2.75, 3.05) is 5.32 Å². The Kier molecular flexibility index (Phi) is 3.83. The van der Waals surface area contributed by atoms with Gasteiger partial charge in [0.15, 0.2) is 0 Å². The van der Waals surface area contributed by atoms with Gasteiger partial charge in [0.2, 0.25) is 0 Å². The molecule has 4 rings (SSSR count). The minimum absolute atomic E-state index is 0.0472. The summed E-state index contributed by atoms with van der Waals surface area (Å²) in [5.41, 5.74) is 4.75. The van der Waals surface area contributed by atoms with Crippen LogP contribution < -0.4 is 5.32 Å². The zero-order chi connectivity index (χ0) is 17.6. The highest BCUT2D eigenvalue weighted by atomic mass is 16.6. The van der Waals surface area contributed by atoms with Crippen molar-refractivity contribution < 1.29 is 4.92 Å². The molecule has 0 saturated heterocycles. The molecule has 1 N–H and O–H groups in total. The predicted molar refractivity (Wildman–Crippen MR) is 100.0 cm³/mol. The number of nitro benzene ring substituents is 1. The number of hydrogen-bond acceptors (Lipinski definition) is 3. The molecule has 128 valence electrons. The van der Waals surface area contributed by atoms with Crippen molar-refractivity contribution in [2.24, 2.45) is 5.92 Å². The van der Waals surface area contributed by atoms with Crippen molar-refractivity contribution >= 4 is 11.4 Å². The average molecular weight is 334 g/mol. The first kappa shape index (κ1) is 15.9. The van der Waals surface area contributed by atoms with Crippen LogP contribution in [0.5, 0.6) is 0 Å². The van der Waals surface area contributed by atoms with Crippen LogP contribution in [0.25, 0.3) is 0 Å². The van der Waals surface area contributed by atoms with Crippen LogP contribution in [0.4, 0.5) is 11.4 Å². The fraction of sp³-hybridized carbons (Fsp3) is 0.333. The molecule has 0 aromatic heterocycles. The summed E-state index contributed by atoms with van der Waals surface area (Å²) in [6.45, 7) is 4.38. The molecule has 0 spiro atoms. The van der Waals surface area contributed by atoms with Gasteiger partial charge in [-0.3, -0.25) is 10.1 Å². The molecule has 0 amide bonds. The zero-order valence-corrected chi connectivity index (χ0v) is 14.5. The minimum atomic E-state index is -0.266. The molecule has 0 bridgehead atoms. The second-order valence-corrected chi connectivity index (χ2v) is 7.26. The van der Waals surface area contributed by atoms with Crippen molar-refractivity contribution in [3.63, 3.8) is 0 Å². The number of nitro groups is 1. The van der Waals surface area contributed by atoms with Crippen LogP contribution in [-0.2, 0) is 0 Å². The maximum atomic E-state index is 11.5. The van der Waals surface area contributed by atoms with Gasteiger partial charge in [-0.05, 0) is 29.4 Å². The summed E-state index contributed by atoms with van der Waals surface area (Å²) in [7, 11) is 0. The maximum absolute atomic E-state index is 11.5. The zero-order valence-electron chi connectivity index (χ0n) is 14.5. The summed E-state index contributed by atoms with van der Waals surface area (Å²) < 4.78 is 0. The van der Waals surface area contributed by atoms with Gasteiger partial charge in [-0.2, -0.15) is 0 Å². The molecule has 0 saturated carbocycles. The van der Waals surface area contributed by atoms with Gasteiger partial charge in [-0.25, -0.2) is 0 Å². The van der Waals surface area contributed by atoms with E-state index < -0.39 is 0 Å². The first-order valence-corrected chi connectivity index (χ1v) is 8.87. The Hall–Kier alpha value is -2.62. The fourth-order valence-electron chi connectivity index (χ4n) is 4.35. The van der Waals surface area contributed by atoms with Gasteiger partial charge < -0.3 is 5.32 Å². The summed E-state index contributed by atoms with van der Waals surface area (Å²) in [5, 5.41) is 15.2. The largest absolute Gasteiger partial charge is 0.377 e. The number of anilines is 1.